The fourth-order valence-electron chi connectivity index (χ4n) is 1.04. The molecule has 1 rings (SSSR count). The fraction of sp³-hybridized carbons (Fsp3) is 0.714. The smallest absolute Gasteiger partial charge is 0.344 e. The predicted molar refractivity (Wildman–Crippen MR) is 48.9 cm³/mol. The Bertz CT molecular complexity index is 329. The second-order valence-electron chi connectivity index (χ2n) is 2.98. The lowest BCUT2D eigenvalue weighted by molar-refractivity contribution is -0.142. The van der Waals surface area contributed by atoms with Crippen molar-refractivity contribution < 1.29 is 23.2 Å². The van der Waals surface area contributed by atoms with Crippen molar-refractivity contribution in [3.63, 3.8) is 0 Å². The molecular weight excluding hydrogens is 210 g/mol. The van der Waals surface area contributed by atoms with E-state index in [-0.39, 0.29) is 11.5 Å². The first-order valence-electron chi connectivity index (χ1n) is 4.09. The van der Waals surface area contributed by atoms with Gasteiger partial charge in [0.25, 0.3) is 0 Å². The van der Waals surface area contributed by atoms with Crippen LogP contribution < -0.4 is 0 Å². The van der Waals surface area contributed by atoms with Crippen LogP contribution in [0.1, 0.15) is 12.8 Å². The highest BCUT2D eigenvalue weighted by Gasteiger charge is 2.20. The van der Waals surface area contributed by atoms with E-state index in [1.54, 1.807) is 0 Å². The molecule has 80 valence electrons. The van der Waals surface area contributed by atoms with Gasteiger partial charge in [-0.15, -0.1) is 0 Å². The van der Waals surface area contributed by atoms with Gasteiger partial charge in [0.1, 0.15) is 0 Å². The molecule has 0 aliphatic carbocycles. The maximum absolute atomic E-state index is 11.0. The zero-order chi connectivity index (χ0) is 10.6. The van der Waals surface area contributed by atoms with E-state index in [9.17, 15) is 13.2 Å². The van der Waals surface area contributed by atoms with Gasteiger partial charge in [-0.2, -0.15) is 0 Å². The van der Waals surface area contributed by atoms with Crippen molar-refractivity contribution >= 4 is 21.5 Å². The van der Waals surface area contributed by atoms with Crippen LogP contribution in [0.5, 0.6) is 0 Å². The number of carbonyl (C=O) groups is 1. The highest BCUT2D eigenvalue weighted by Crippen LogP contribution is 2.09. The van der Waals surface area contributed by atoms with E-state index in [2.05, 4.69) is 9.99 Å². The molecule has 6 nitrogen and oxygen atoms in total. The van der Waals surface area contributed by atoms with E-state index in [0.29, 0.717) is 18.6 Å². The Morgan fingerprint density at radius 2 is 2.00 bits per heavy atom. The second kappa shape index (κ2) is 4.41. The number of hydrogen-bond donors (Lipinski definition) is 1. The number of rotatable bonds is 3. The molecule has 1 N–H and O–H groups in total. The second-order valence-corrected chi connectivity index (χ2v) is 5.28. The summed E-state index contributed by atoms with van der Waals surface area (Å²) in [4.78, 5) is 14.6. The Kier molecular flexibility index (Phi) is 3.45. The van der Waals surface area contributed by atoms with E-state index in [4.69, 9.17) is 5.11 Å². The average molecular weight is 221 g/mol. The van der Waals surface area contributed by atoms with Gasteiger partial charge in [0.05, 0.1) is 17.2 Å². The monoisotopic (exact) mass is 221 g/mol. The van der Waals surface area contributed by atoms with Crippen LogP contribution in [-0.4, -0.2) is 43.3 Å². The van der Waals surface area contributed by atoms with Crippen molar-refractivity contribution in [2.24, 2.45) is 5.16 Å². The molecule has 0 unspecified atom stereocenters. The summed E-state index contributed by atoms with van der Waals surface area (Å²) in [6, 6.07) is 0. The van der Waals surface area contributed by atoms with Crippen LogP contribution >= 0.6 is 0 Å². The predicted octanol–water partition coefficient (Wildman–Crippen LogP) is -0.348. The van der Waals surface area contributed by atoms with Crippen LogP contribution in [0.15, 0.2) is 5.16 Å². The van der Waals surface area contributed by atoms with Crippen molar-refractivity contribution in [3.05, 3.63) is 0 Å². The highest BCUT2D eigenvalue weighted by atomic mass is 32.2. The molecule has 0 bridgehead atoms. The van der Waals surface area contributed by atoms with Gasteiger partial charge >= 0.3 is 5.97 Å². The van der Waals surface area contributed by atoms with Gasteiger partial charge in [-0.25, -0.2) is 13.2 Å². The number of aliphatic carboxylic acids is 1. The quantitative estimate of drug-likeness (QED) is 0.657. The first kappa shape index (κ1) is 11.0. The molecule has 0 aromatic heterocycles. The van der Waals surface area contributed by atoms with Crippen molar-refractivity contribution in [3.8, 4) is 0 Å². The number of oxime groups is 1. The number of sulfone groups is 1. The van der Waals surface area contributed by atoms with E-state index >= 15 is 0 Å². The molecule has 1 heterocycles. The third-order valence-corrected chi connectivity index (χ3v) is 3.44. The lowest BCUT2D eigenvalue weighted by Gasteiger charge is -2.12. The lowest BCUT2D eigenvalue weighted by Crippen LogP contribution is -2.23. The number of carboxylic acids is 1. The topological polar surface area (TPSA) is 93.0 Å². The van der Waals surface area contributed by atoms with E-state index in [0.717, 1.165) is 0 Å². The van der Waals surface area contributed by atoms with Crippen molar-refractivity contribution in [2.75, 3.05) is 18.1 Å². The molecule has 0 aromatic rings. The first-order valence-corrected chi connectivity index (χ1v) is 5.92. The van der Waals surface area contributed by atoms with E-state index in [1.165, 1.54) is 0 Å². The van der Waals surface area contributed by atoms with Gasteiger partial charge in [0, 0.05) is 12.8 Å². The normalized spacial score (nSPS) is 20.1. The molecule has 1 fully saturated rings. The number of carboxylic acid groups (broad SMARTS) is 1. The lowest BCUT2D eigenvalue weighted by atomic mass is 10.2. The molecule has 1 aliphatic rings. The number of nitrogens with zero attached hydrogens (tertiary/aromatic N) is 1. The van der Waals surface area contributed by atoms with E-state index in [1.807, 2.05) is 0 Å². The summed E-state index contributed by atoms with van der Waals surface area (Å²) in [5.41, 5.74) is 0.612. The standard InChI is InChI=1S/C7H11NO5S/c9-7(10)5-13-8-6-1-3-14(11,12)4-2-6/h1-5H2,(H,9,10). The molecule has 0 radical (unpaired) electrons. The molecule has 0 atom stereocenters. The highest BCUT2D eigenvalue weighted by molar-refractivity contribution is 7.91. The van der Waals surface area contributed by atoms with Crippen LogP contribution in [0, 0.1) is 0 Å². The van der Waals surface area contributed by atoms with Crippen LogP contribution in [0.4, 0.5) is 0 Å². The minimum absolute atomic E-state index is 0.0717. The summed E-state index contributed by atoms with van der Waals surface area (Å²) in [5, 5.41) is 11.8. The molecule has 14 heavy (non-hydrogen) atoms. The minimum atomic E-state index is -2.91. The van der Waals surface area contributed by atoms with Gasteiger partial charge < -0.3 is 9.94 Å². The van der Waals surface area contributed by atoms with Gasteiger partial charge in [0.15, 0.2) is 9.84 Å². The SMILES string of the molecule is O=C(O)CON=C1CCS(=O)(=O)CC1. The average Bonchev–Trinajstić information content (AvgIpc) is 2.07. The molecule has 1 aliphatic heterocycles. The van der Waals surface area contributed by atoms with Crippen molar-refractivity contribution in [2.45, 2.75) is 12.8 Å². The Morgan fingerprint density at radius 1 is 1.43 bits per heavy atom. The Hall–Kier alpha value is -1.11. The largest absolute Gasteiger partial charge is 0.479 e. The molecule has 0 saturated carbocycles. The van der Waals surface area contributed by atoms with Crippen LogP contribution in [0.2, 0.25) is 0 Å². The fourth-order valence-corrected chi connectivity index (χ4v) is 2.34. The van der Waals surface area contributed by atoms with Crippen LogP contribution in [0.25, 0.3) is 0 Å². The molecule has 1 saturated heterocycles. The summed E-state index contributed by atoms with van der Waals surface area (Å²) in [6.07, 6.45) is 0.671. The summed E-state index contributed by atoms with van der Waals surface area (Å²) < 4.78 is 22.0. The summed E-state index contributed by atoms with van der Waals surface area (Å²) in [5.74, 6) is -0.956. The molecule has 0 amide bonds. The summed E-state index contributed by atoms with van der Waals surface area (Å²) in [7, 11) is -2.91. The third kappa shape index (κ3) is 3.73. The van der Waals surface area contributed by atoms with E-state index < -0.39 is 22.4 Å². The van der Waals surface area contributed by atoms with Gasteiger partial charge in [0.2, 0.25) is 6.61 Å². The van der Waals surface area contributed by atoms with Crippen molar-refractivity contribution in [1.82, 2.24) is 0 Å². The maximum Gasteiger partial charge on any atom is 0.344 e. The zero-order valence-electron chi connectivity index (χ0n) is 7.47. The van der Waals surface area contributed by atoms with Gasteiger partial charge in [-0.1, -0.05) is 5.16 Å². The Balaban J connectivity index is 2.38. The Labute approximate surface area is 81.5 Å². The Morgan fingerprint density at radius 3 is 2.50 bits per heavy atom. The summed E-state index contributed by atoms with van der Waals surface area (Å²) >= 11 is 0. The van der Waals surface area contributed by atoms with Gasteiger partial charge in [-0.3, -0.25) is 0 Å². The van der Waals surface area contributed by atoms with Crippen molar-refractivity contribution in [1.29, 1.82) is 0 Å². The third-order valence-electron chi connectivity index (χ3n) is 1.78. The van der Waals surface area contributed by atoms with Gasteiger partial charge in [-0.05, 0) is 0 Å². The summed E-state index contributed by atoms with van der Waals surface area (Å²) in [6.45, 7) is -0.490. The van der Waals surface area contributed by atoms with Crippen LogP contribution in [-0.2, 0) is 19.5 Å². The number of hydrogen-bond acceptors (Lipinski definition) is 5. The first-order chi connectivity index (χ1) is 6.49. The zero-order valence-corrected chi connectivity index (χ0v) is 8.29. The molecule has 7 heteroatoms. The van der Waals surface area contributed by atoms with Crippen LogP contribution in [0.3, 0.4) is 0 Å². The molecule has 0 aromatic carbocycles. The maximum atomic E-state index is 11.0. The molecule has 0 spiro atoms. The minimum Gasteiger partial charge on any atom is -0.479 e. The molecular formula is C7H11NO5S.